The van der Waals surface area contributed by atoms with Crippen molar-refractivity contribution in [3.63, 3.8) is 0 Å². The average molecular weight is 519 g/mol. The topological polar surface area (TPSA) is 135 Å². The molecule has 8 nitrogen and oxygen atoms in total. The number of primary amides is 1. The number of amides is 2. The fraction of sp³-hybridized carbons (Fsp3) is 0.357. The fourth-order valence-corrected chi connectivity index (χ4v) is 4.87. The highest BCUT2D eigenvalue weighted by Gasteiger charge is 2.35. The number of nitrogens with one attached hydrogen (secondary N) is 3. The Kier molecular flexibility index (Phi) is 8.27. The molecular weight excluding hydrogens is 488 g/mol. The molecule has 0 radical (unpaired) electrons. The number of nitriles is 1. The highest BCUT2D eigenvalue weighted by atomic mass is 35.5. The van der Waals surface area contributed by atoms with Gasteiger partial charge in [0.2, 0.25) is 5.91 Å². The van der Waals surface area contributed by atoms with Gasteiger partial charge in [-0.2, -0.15) is 5.26 Å². The summed E-state index contributed by atoms with van der Waals surface area (Å²) in [6, 6.07) is 18.4. The summed E-state index contributed by atoms with van der Waals surface area (Å²) in [4.78, 5) is 26.3. The number of hydrogen-bond acceptors (Lipinski definition) is 6. The van der Waals surface area contributed by atoms with Crippen molar-refractivity contribution in [3.05, 3.63) is 70.9 Å². The smallest absolute Gasteiger partial charge is 0.253 e. The Hall–Kier alpha value is -3.67. The van der Waals surface area contributed by atoms with E-state index in [1.165, 1.54) is 6.20 Å². The van der Waals surface area contributed by atoms with Crippen molar-refractivity contribution in [2.24, 2.45) is 11.7 Å². The molecule has 192 valence electrons. The van der Waals surface area contributed by atoms with Crippen molar-refractivity contribution in [2.75, 3.05) is 13.1 Å². The van der Waals surface area contributed by atoms with Crippen LogP contribution in [0.15, 0.2) is 60.3 Å². The van der Waals surface area contributed by atoms with Crippen LogP contribution >= 0.6 is 11.6 Å². The van der Waals surface area contributed by atoms with E-state index in [4.69, 9.17) is 22.7 Å². The average Bonchev–Trinajstić information content (AvgIpc) is 3.72. The summed E-state index contributed by atoms with van der Waals surface area (Å²) >= 11 is 6.59. The summed E-state index contributed by atoms with van der Waals surface area (Å²) in [7, 11) is 0. The van der Waals surface area contributed by atoms with Crippen molar-refractivity contribution in [2.45, 2.75) is 44.2 Å². The van der Waals surface area contributed by atoms with Gasteiger partial charge in [0.25, 0.3) is 5.91 Å². The number of carbonyl (C=O) groups is 2. The molecular formula is C28H31ClN6O2. The van der Waals surface area contributed by atoms with E-state index < -0.39 is 11.4 Å². The standard InChI is InChI=1S/C28H31ClN6O2/c29-24-16-19(6-9-22(24)20-4-2-1-3-5-20)18-35-14-11-28(10-13-30,12-15-35)33-17-23(26(32)36)25(31)34-27(37)21-7-8-21/h1-6,9,16-17,21,33H,7-8,10-12,14-15,18H2,(H2,32,36)(H2,31,34,37)/b23-17+. The molecule has 4 rings (SSSR count). The van der Waals surface area contributed by atoms with Crippen LogP contribution in [-0.2, 0) is 16.1 Å². The maximum absolute atomic E-state index is 12.0. The predicted molar refractivity (Wildman–Crippen MR) is 143 cm³/mol. The zero-order valence-electron chi connectivity index (χ0n) is 20.6. The van der Waals surface area contributed by atoms with Crippen molar-refractivity contribution in [1.29, 1.82) is 10.7 Å². The van der Waals surface area contributed by atoms with Gasteiger partial charge in [-0.15, -0.1) is 0 Å². The fourth-order valence-electron chi connectivity index (χ4n) is 4.56. The number of halogens is 1. The van der Waals surface area contributed by atoms with Gasteiger partial charge in [0.05, 0.1) is 23.6 Å². The lowest BCUT2D eigenvalue weighted by molar-refractivity contribution is -0.120. The largest absolute Gasteiger partial charge is 0.384 e. The number of nitrogens with zero attached hydrogens (tertiary/aromatic N) is 2. The Morgan fingerprint density at radius 2 is 1.89 bits per heavy atom. The molecule has 0 unspecified atom stereocenters. The third-order valence-electron chi connectivity index (χ3n) is 7.01. The Balaban J connectivity index is 1.38. The first-order chi connectivity index (χ1) is 17.8. The van der Waals surface area contributed by atoms with E-state index >= 15 is 0 Å². The van der Waals surface area contributed by atoms with Gasteiger partial charge in [-0.25, -0.2) is 0 Å². The van der Waals surface area contributed by atoms with E-state index in [0.717, 1.165) is 49.2 Å². The van der Waals surface area contributed by atoms with Crippen LogP contribution in [0.2, 0.25) is 5.02 Å². The van der Waals surface area contributed by atoms with Crippen molar-refractivity contribution < 1.29 is 9.59 Å². The third-order valence-corrected chi connectivity index (χ3v) is 7.32. The molecule has 0 bridgehead atoms. The molecule has 2 aromatic rings. The van der Waals surface area contributed by atoms with Crippen LogP contribution in [0.25, 0.3) is 11.1 Å². The van der Waals surface area contributed by atoms with Gasteiger partial charge in [-0.05, 0) is 42.9 Å². The molecule has 0 atom stereocenters. The van der Waals surface area contributed by atoms with Crippen LogP contribution < -0.4 is 16.4 Å². The van der Waals surface area contributed by atoms with E-state index in [2.05, 4.69) is 27.7 Å². The van der Waals surface area contributed by atoms with Gasteiger partial charge in [0.1, 0.15) is 5.84 Å². The van der Waals surface area contributed by atoms with Crippen LogP contribution in [-0.4, -0.2) is 41.2 Å². The molecule has 1 aliphatic heterocycles. The number of likely N-dealkylation sites (tertiary alicyclic amines) is 1. The van der Waals surface area contributed by atoms with E-state index in [0.29, 0.717) is 17.9 Å². The number of amidine groups is 1. The second-order valence-electron chi connectivity index (χ2n) is 9.78. The first kappa shape index (κ1) is 26.4. The molecule has 1 saturated carbocycles. The summed E-state index contributed by atoms with van der Waals surface area (Å²) in [5, 5.41) is 24.0. The summed E-state index contributed by atoms with van der Waals surface area (Å²) in [6.45, 7) is 2.21. The van der Waals surface area contributed by atoms with E-state index in [9.17, 15) is 14.9 Å². The van der Waals surface area contributed by atoms with Gasteiger partial charge >= 0.3 is 0 Å². The molecule has 0 spiro atoms. The Bertz CT molecular complexity index is 1240. The van der Waals surface area contributed by atoms with Crippen molar-refractivity contribution in [1.82, 2.24) is 15.5 Å². The summed E-state index contributed by atoms with van der Waals surface area (Å²) in [5.41, 5.74) is 8.01. The first-order valence-corrected chi connectivity index (χ1v) is 12.8. The minimum Gasteiger partial charge on any atom is -0.384 e. The lowest BCUT2D eigenvalue weighted by Crippen LogP contribution is -2.51. The molecule has 2 fully saturated rings. The van der Waals surface area contributed by atoms with Crippen molar-refractivity contribution in [3.8, 4) is 17.2 Å². The highest BCUT2D eigenvalue weighted by Crippen LogP contribution is 2.31. The van der Waals surface area contributed by atoms with Gasteiger partial charge < -0.3 is 16.4 Å². The molecule has 1 saturated heterocycles. The second kappa shape index (κ2) is 11.6. The predicted octanol–water partition coefficient (Wildman–Crippen LogP) is 3.72. The SMILES string of the molecule is N#CCC1(N/C=C(\C(=N)NC(=O)C2CC2)C(N)=O)CCN(Cc2ccc(-c3ccccc3)c(Cl)c2)CC1. The number of nitrogens with two attached hydrogens (primary N) is 1. The molecule has 2 aliphatic rings. The van der Waals surface area contributed by atoms with Gasteiger partial charge in [0, 0.05) is 42.3 Å². The second-order valence-corrected chi connectivity index (χ2v) is 10.2. The molecule has 2 amide bonds. The monoisotopic (exact) mass is 518 g/mol. The van der Waals surface area contributed by atoms with Gasteiger partial charge in [-0.1, -0.05) is 54.1 Å². The molecule has 9 heteroatoms. The zero-order chi connectivity index (χ0) is 26.4. The maximum Gasteiger partial charge on any atom is 0.253 e. The van der Waals surface area contributed by atoms with Crippen LogP contribution in [0, 0.1) is 22.7 Å². The lowest BCUT2D eigenvalue weighted by atomic mass is 9.84. The summed E-state index contributed by atoms with van der Waals surface area (Å²) in [6.07, 6.45) is 4.54. The van der Waals surface area contributed by atoms with Crippen LogP contribution in [0.1, 0.15) is 37.7 Å². The minimum atomic E-state index is -0.811. The van der Waals surface area contributed by atoms with Crippen molar-refractivity contribution >= 4 is 29.3 Å². The van der Waals surface area contributed by atoms with Crippen LogP contribution in [0.4, 0.5) is 0 Å². The van der Waals surface area contributed by atoms with E-state index in [1.54, 1.807) is 0 Å². The quantitative estimate of drug-likeness (QED) is 0.228. The Labute approximate surface area is 222 Å². The number of benzene rings is 2. The Morgan fingerprint density at radius 3 is 2.49 bits per heavy atom. The number of carbonyl (C=O) groups excluding carboxylic acids is 2. The highest BCUT2D eigenvalue weighted by molar-refractivity contribution is 6.33. The number of piperidine rings is 1. The number of hydrogen-bond donors (Lipinski definition) is 4. The zero-order valence-corrected chi connectivity index (χ0v) is 21.4. The molecule has 5 N–H and O–H groups in total. The minimum absolute atomic E-state index is 0.0962. The normalized spacial score (nSPS) is 17.5. The third kappa shape index (κ3) is 6.76. The van der Waals surface area contributed by atoms with Crippen LogP contribution in [0.3, 0.4) is 0 Å². The van der Waals surface area contributed by atoms with E-state index in [-0.39, 0.29) is 29.7 Å². The Morgan fingerprint density at radius 1 is 1.19 bits per heavy atom. The van der Waals surface area contributed by atoms with Gasteiger partial charge in [0.15, 0.2) is 0 Å². The molecule has 2 aromatic carbocycles. The summed E-state index contributed by atoms with van der Waals surface area (Å²) < 4.78 is 0. The molecule has 1 heterocycles. The number of rotatable bonds is 9. The lowest BCUT2D eigenvalue weighted by Gasteiger charge is -2.41. The summed E-state index contributed by atoms with van der Waals surface area (Å²) in [5.74, 6) is -1.50. The molecule has 37 heavy (non-hydrogen) atoms. The van der Waals surface area contributed by atoms with Crippen LogP contribution in [0.5, 0.6) is 0 Å². The van der Waals surface area contributed by atoms with E-state index in [1.807, 2.05) is 42.5 Å². The van der Waals surface area contributed by atoms with Gasteiger partial charge in [-0.3, -0.25) is 19.9 Å². The maximum atomic E-state index is 12.0. The first-order valence-electron chi connectivity index (χ1n) is 12.4. The molecule has 0 aromatic heterocycles. The molecule has 1 aliphatic carbocycles.